The molecule has 70 valence electrons. The number of carbonyl (C=O) groups excluding carboxylic acids is 1. The van der Waals surface area contributed by atoms with E-state index in [2.05, 4.69) is 16.0 Å². The lowest BCUT2D eigenvalue weighted by Crippen LogP contribution is -2.57. The average Bonchev–Trinajstić information content (AvgIpc) is 2.49. The number of hydrogen-bond donors (Lipinski definition) is 3. The molecule has 13 heavy (non-hydrogen) atoms. The number of amides is 2. The van der Waals surface area contributed by atoms with E-state index in [0.717, 1.165) is 18.1 Å². The highest BCUT2D eigenvalue weighted by atomic mass is 32.1. The summed E-state index contributed by atoms with van der Waals surface area (Å²) >= 11 is 1.52. The minimum absolute atomic E-state index is 0.117. The maximum absolute atomic E-state index is 11.3. The Balaban J connectivity index is 1.78. The molecule has 0 saturated carbocycles. The van der Waals surface area contributed by atoms with Gasteiger partial charge >= 0.3 is 6.03 Å². The summed E-state index contributed by atoms with van der Waals surface area (Å²) in [5, 5.41) is 11.5. The van der Waals surface area contributed by atoms with Crippen molar-refractivity contribution in [3.05, 3.63) is 17.5 Å². The van der Waals surface area contributed by atoms with Gasteiger partial charge in [-0.3, -0.25) is 5.32 Å². The summed E-state index contributed by atoms with van der Waals surface area (Å²) in [6, 6.07) is 3.96. The minimum atomic E-state index is -0.117. The summed E-state index contributed by atoms with van der Waals surface area (Å²) in [4.78, 5) is 11.3. The molecule has 1 fully saturated rings. The molecule has 2 heterocycles. The first-order valence-electron chi connectivity index (χ1n) is 4.16. The molecular formula is C8H11N3OS. The van der Waals surface area contributed by atoms with E-state index in [-0.39, 0.29) is 6.03 Å². The van der Waals surface area contributed by atoms with Gasteiger partial charge in [0.25, 0.3) is 0 Å². The van der Waals surface area contributed by atoms with E-state index in [9.17, 15) is 4.79 Å². The second-order valence-corrected chi connectivity index (χ2v) is 3.88. The van der Waals surface area contributed by atoms with Crippen molar-refractivity contribution in [2.75, 3.05) is 18.4 Å². The molecule has 0 radical (unpaired) electrons. The number of urea groups is 1. The molecule has 3 N–H and O–H groups in total. The van der Waals surface area contributed by atoms with Crippen molar-refractivity contribution in [1.29, 1.82) is 0 Å². The van der Waals surface area contributed by atoms with Crippen molar-refractivity contribution in [1.82, 2.24) is 10.6 Å². The summed E-state index contributed by atoms with van der Waals surface area (Å²) in [5.41, 5.74) is 0. The smallest absolute Gasteiger partial charge is 0.320 e. The molecule has 0 spiro atoms. The van der Waals surface area contributed by atoms with E-state index in [4.69, 9.17) is 0 Å². The fourth-order valence-electron chi connectivity index (χ4n) is 1.07. The summed E-state index contributed by atoms with van der Waals surface area (Å²) in [6.07, 6.45) is 0. The maximum Gasteiger partial charge on any atom is 0.320 e. The molecule has 1 aliphatic rings. The maximum atomic E-state index is 11.3. The van der Waals surface area contributed by atoms with Crippen LogP contribution < -0.4 is 16.0 Å². The number of anilines is 1. The average molecular weight is 197 g/mol. The zero-order valence-electron chi connectivity index (χ0n) is 7.04. The standard InChI is InChI=1S/C8H11N3OS/c12-8(10-6-4-9-5-6)11-7-2-1-3-13-7/h1-3,6,9H,4-5H2,(H2,10,11,12). The fourth-order valence-corrected chi connectivity index (χ4v) is 1.69. The van der Waals surface area contributed by atoms with E-state index >= 15 is 0 Å². The van der Waals surface area contributed by atoms with Gasteiger partial charge in [-0.1, -0.05) is 0 Å². The normalized spacial score (nSPS) is 16.3. The van der Waals surface area contributed by atoms with Gasteiger partial charge in [0, 0.05) is 13.1 Å². The Labute approximate surface area is 80.3 Å². The van der Waals surface area contributed by atoms with Crippen LogP contribution in [-0.4, -0.2) is 25.2 Å². The lowest BCUT2D eigenvalue weighted by Gasteiger charge is -2.27. The van der Waals surface area contributed by atoms with Crippen molar-refractivity contribution in [3.63, 3.8) is 0 Å². The lowest BCUT2D eigenvalue weighted by molar-refractivity contribution is 0.243. The predicted molar refractivity (Wildman–Crippen MR) is 53.1 cm³/mol. The van der Waals surface area contributed by atoms with Crippen LogP contribution >= 0.6 is 11.3 Å². The van der Waals surface area contributed by atoms with Crippen LogP contribution in [0.1, 0.15) is 0 Å². The molecule has 1 saturated heterocycles. The molecule has 2 rings (SSSR count). The Hall–Kier alpha value is -1.07. The Morgan fingerprint density at radius 2 is 2.46 bits per heavy atom. The summed E-state index contributed by atoms with van der Waals surface area (Å²) in [5.74, 6) is 0. The highest BCUT2D eigenvalue weighted by molar-refractivity contribution is 7.14. The zero-order chi connectivity index (χ0) is 9.10. The van der Waals surface area contributed by atoms with Crippen LogP contribution in [0.4, 0.5) is 9.80 Å². The number of nitrogens with one attached hydrogen (secondary N) is 3. The third-order valence-electron chi connectivity index (χ3n) is 1.87. The zero-order valence-corrected chi connectivity index (χ0v) is 7.86. The summed E-state index contributed by atoms with van der Waals surface area (Å²) in [6.45, 7) is 1.75. The molecule has 1 aromatic heterocycles. The van der Waals surface area contributed by atoms with E-state index in [1.54, 1.807) is 0 Å². The molecule has 0 aromatic carbocycles. The first-order chi connectivity index (χ1) is 6.34. The van der Waals surface area contributed by atoms with Crippen LogP contribution in [0.25, 0.3) is 0 Å². The van der Waals surface area contributed by atoms with E-state index in [0.29, 0.717) is 6.04 Å². The van der Waals surface area contributed by atoms with Crippen LogP contribution in [-0.2, 0) is 0 Å². The first kappa shape index (κ1) is 8.52. The van der Waals surface area contributed by atoms with Gasteiger partial charge in [-0.05, 0) is 17.5 Å². The highest BCUT2D eigenvalue weighted by Crippen LogP contribution is 2.14. The molecular weight excluding hydrogens is 186 g/mol. The van der Waals surface area contributed by atoms with Crippen LogP contribution in [0.5, 0.6) is 0 Å². The number of carbonyl (C=O) groups is 1. The summed E-state index contributed by atoms with van der Waals surface area (Å²) in [7, 11) is 0. The first-order valence-corrected chi connectivity index (χ1v) is 5.04. The van der Waals surface area contributed by atoms with Crippen molar-refractivity contribution in [2.24, 2.45) is 0 Å². The molecule has 4 nitrogen and oxygen atoms in total. The van der Waals surface area contributed by atoms with Gasteiger partial charge in [0.2, 0.25) is 0 Å². The summed E-state index contributed by atoms with van der Waals surface area (Å²) < 4.78 is 0. The second-order valence-electron chi connectivity index (χ2n) is 2.93. The van der Waals surface area contributed by atoms with E-state index in [1.807, 2.05) is 17.5 Å². The molecule has 5 heteroatoms. The fraction of sp³-hybridized carbons (Fsp3) is 0.375. The van der Waals surface area contributed by atoms with Crippen molar-refractivity contribution < 1.29 is 4.79 Å². The van der Waals surface area contributed by atoms with Crippen LogP contribution in [0.15, 0.2) is 17.5 Å². The Bertz CT molecular complexity index is 282. The number of rotatable bonds is 2. The van der Waals surface area contributed by atoms with Gasteiger partial charge in [0.05, 0.1) is 11.0 Å². The van der Waals surface area contributed by atoms with Crippen molar-refractivity contribution in [3.8, 4) is 0 Å². The number of hydrogen-bond acceptors (Lipinski definition) is 3. The van der Waals surface area contributed by atoms with Gasteiger partial charge in [-0.25, -0.2) is 4.79 Å². The van der Waals surface area contributed by atoms with Gasteiger partial charge in [-0.15, -0.1) is 11.3 Å². The predicted octanol–water partition coefficient (Wildman–Crippen LogP) is 0.841. The van der Waals surface area contributed by atoms with Crippen molar-refractivity contribution >= 4 is 22.4 Å². The molecule has 1 aliphatic heterocycles. The Morgan fingerprint density at radius 1 is 1.62 bits per heavy atom. The van der Waals surface area contributed by atoms with Crippen LogP contribution in [0, 0.1) is 0 Å². The minimum Gasteiger partial charge on any atom is -0.333 e. The van der Waals surface area contributed by atoms with Gasteiger partial charge in [0.1, 0.15) is 0 Å². The lowest BCUT2D eigenvalue weighted by atomic mass is 10.2. The Kier molecular flexibility index (Phi) is 2.47. The third-order valence-corrected chi connectivity index (χ3v) is 2.66. The topological polar surface area (TPSA) is 53.2 Å². The monoisotopic (exact) mass is 197 g/mol. The van der Waals surface area contributed by atoms with Crippen molar-refractivity contribution in [2.45, 2.75) is 6.04 Å². The largest absolute Gasteiger partial charge is 0.333 e. The van der Waals surface area contributed by atoms with E-state index in [1.165, 1.54) is 11.3 Å². The molecule has 0 bridgehead atoms. The molecule has 2 amide bonds. The highest BCUT2D eigenvalue weighted by Gasteiger charge is 2.18. The van der Waals surface area contributed by atoms with E-state index < -0.39 is 0 Å². The SMILES string of the molecule is O=C(Nc1cccs1)NC1CNC1. The molecule has 0 aliphatic carbocycles. The van der Waals surface area contributed by atoms with Gasteiger partial charge < -0.3 is 10.6 Å². The molecule has 0 atom stereocenters. The molecule has 1 aromatic rings. The molecule has 0 unspecified atom stereocenters. The van der Waals surface area contributed by atoms with Gasteiger partial charge in [0.15, 0.2) is 0 Å². The quantitative estimate of drug-likeness (QED) is 0.658. The Morgan fingerprint density at radius 3 is 3.00 bits per heavy atom. The number of thiophene rings is 1. The second kappa shape index (κ2) is 3.76. The van der Waals surface area contributed by atoms with Gasteiger partial charge in [-0.2, -0.15) is 0 Å². The third kappa shape index (κ3) is 2.19. The van der Waals surface area contributed by atoms with Crippen LogP contribution in [0.2, 0.25) is 0 Å². The van der Waals surface area contributed by atoms with Crippen LogP contribution in [0.3, 0.4) is 0 Å².